The van der Waals surface area contributed by atoms with E-state index >= 15 is 0 Å². The zero-order chi connectivity index (χ0) is 14.5. The summed E-state index contributed by atoms with van der Waals surface area (Å²) in [6, 6.07) is 9.34. The average Bonchev–Trinajstić information content (AvgIpc) is 2.84. The van der Waals surface area contributed by atoms with Gasteiger partial charge in [0.15, 0.2) is 0 Å². The molecule has 20 heavy (non-hydrogen) atoms. The van der Waals surface area contributed by atoms with Gasteiger partial charge in [0, 0.05) is 24.3 Å². The van der Waals surface area contributed by atoms with Gasteiger partial charge in [0.1, 0.15) is 0 Å². The highest BCUT2D eigenvalue weighted by Gasteiger charge is 2.18. The summed E-state index contributed by atoms with van der Waals surface area (Å²) in [5.41, 5.74) is 2.16. The van der Waals surface area contributed by atoms with Gasteiger partial charge in [-0.15, -0.1) is 0 Å². The van der Waals surface area contributed by atoms with Crippen molar-refractivity contribution in [2.75, 3.05) is 13.2 Å². The van der Waals surface area contributed by atoms with Crippen LogP contribution in [-0.2, 0) is 16.1 Å². The van der Waals surface area contributed by atoms with E-state index in [1.165, 1.54) is 0 Å². The standard InChI is InChI=1S/C15H18N2O3/c1-3-19-15(20-4-2)17-13(10-18)8-12-7-11(9-16)5-6-14(12)17/h5-8,15,18H,3-4,10H2,1-2H3. The molecular weight excluding hydrogens is 256 g/mol. The minimum Gasteiger partial charge on any atom is -0.390 e. The molecule has 0 aliphatic heterocycles. The van der Waals surface area contributed by atoms with Gasteiger partial charge in [-0.1, -0.05) is 0 Å². The van der Waals surface area contributed by atoms with E-state index in [1.807, 2.05) is 30.5 Å². The summed E-state index contributed by atoms with van der Waals surface area (Å²) >= 11 is 0. The van der Waals surface area contributed by atoms with Crippen molar-refractivity contribution in [3.05, 3.63) is 35.5 Å². The highest BCUT2D eigenvalue weighted by atomic mass is 16.7. The van der Waals surface area contributed by atoms with E-state index in [0.29, 0.717) is 24.5 Å². The van der Waals surface area contributed by atoms with Gasteiger partial charge in [-0.05, 0) is 38.1 Å². The Hall–Kier alpha value is -1.87. The summed E-state index contributed by atoms with van der Waals surface area (Å²) < 4.78 is 13.0. The fraction of sp³-hybridized carbons (Fsp3) is 0.400. The van der Waals surface area contributed by atoms with Crippen molar-refractivity contribution in [1.82, 2.24) is 4.57 Å². The zero-order valence-corrected chi connectivity index (χ0v) is 11.7. The molecule has 0 aliphatic rings. The van der Waals surface area contributed by atoms with Crippen molar-refractivity contribution in [3.8, 4) is 6.07 Å². The van der Waals surface area contributed by atoms with Crippen LogP contribution in [0.3, 0.4) is 0 Å². The quantitative estimate of drug-likeness (QED) is 0.822. The molecule has 0 aliphatic carbocycles. The first kappa shape index (κ1) is 14.5. The lowest BCUT2D eigenvalue weighted by molar-refractivity contribution is -0.185. The van der Waals surface area contributed by atoms with Crippen LogP contribution in [0, 0.1) is 11.3 Å². The number of fused-ring (bicyclic) bond motifs is 1. The Balaban J connectivity index is 2.57. The maximum absolute atomic E-state index is 9.53. The molecule has 5 nitrogen and oxygen atoms in total. The Morgan fingerprint density at radius 2 is 1.95 bits per heavy atom. The third-order valence-electron chi connectivity index (χ3n) is 3.04. The number of hydrogen-bond acceptors (Lipinski definition) is 4. The second-order valence-corrected chi connectivity index (χ2v) is 4.27. The number of nitriles is 1. The van der Waals surface area contributed by atoms with Gasteiger partial charge in [0.2, 0.25) is 6.41 Å². The number of nitrogens with zero attached hydrogens (tertiary/aromatic N) is 2. The predicted molar refractivity (Wildman–Crippen MR) is 74.9 cm³/mol. The van der Waals surface area contributed by atoms with Gasteiger partial charge in [0.05, 0.1) is 23.8 Å². The third kappa shape index (κ3) is 2.68. The van der Waals surface area contributed by atoms with E-state index in [-0.39, 0.29) is 6.61 Å². The topological polar surface area (TPSA) is 67.4 Å². The van der Waals surface area contributed by atoms with Crippen molar-refractivity contribution in [2.45, 2.75) is 26.9 Å². The summed E-state index contributed by atoms with van der Waals surface area (Å²) in [4.78, 5) is 0. The molecule has 1 heterocycles. The molecule has 2 rings (SSSR count). The maximum atomic E-state index is 9.53. The van der Waals surface area contributed by atoms with Crippen LogP contribution in [0.4, 0.5) is 0 Å². The third-order valence-corrected chi connectivity index (χ3v) is 3.04. The molecule has 0 saturated carbocycles. The van der Waals surface area contributed by atoms with E-state index in [9.17, 15) is 5.11 Å². The fourth-order valence-electron chi connectivity index (χ4n) is 2.22. The van der Waals surface area contributed by atoms with Crippen LogP contribution in [-0.4, -0.2) is 22.9 Å². The predicted octanol–water partition coefficient (Wildman–Crippen LogP) is 2.53. The zero-order valence-electron chi connectivity index (χ0n) is 11.7. The van der Waals surface area contributed by atoms with Crippen molar-refractivity contribution in [3.63, 3.8) is 0 Å². The highest BCUT2D eigenvalue weighted by molar-refractivity contribution is 5.82. The van der Waals surface area contributed by atoms with Gasteiger partial charge in [-0.3, -0.25) is 4.57 Å². The molecule has 1 aromatic carbocycles. The number of rotatable bonds is 6. The molecule has 0 bridgehead atoms. The van der Waals surface area contributed by atoms with Crippen molar-refractivity contribution in [2.24, 2.45) is 0 Å². The van der Waals surface area contributed by atoms with Gasteiger partial charge < -0.3 is 14.6 Å². The second kappa shape index (κ2) is 6.53. The van der Waals surface area contributed by atoms with E-state index in [0.717, 1.165) is 10.9 Å². The Morgan fingerprint density at radius 1 is 1.25 bits per heavy atom. The molecule has 0 spiro atoms. The Labute approximate surface area is 118 Å². The number of hydrogen-bond donors (Lipinski definition) is 1. The van der Waals surface area contributed by atoms with Gasteiger partial charge in [-0.25, -0.2) is 0 Å². The maximum Gasteiger partial charge on any atom is 0.244 e. The number of benzene rings is 1. The number of aliphatic hydroxyl groups excluding tert-OH is 1. The van der Waals surface area contributed by atoms with E-state index in [1.54, 1.807) is 12.1 Å². The second-order valence-electron chi connectivity index (χ2n) is 4.27. The molecule has 106 valence electrons. The number of aromatic nitrogens is 1. The largest absolute Gasteiger partial charge is 0.390 e. The molecule has 0 saturated heterocycles. The van der Waals surface area contributed by atoms with Gasteiger partial charge in [0.25, 0.3) is 0 Å². The summed E-state index contributed by atoms with van der Waals surface area (Å²) in [6.45, 7) is 4.68. The average molecular weight is 274 g/mol. The molecule has 0 atom stereocenters. The van der Waals surface area contributed by atoms with E-state index in [2.05, 4.69) is 6.07 Å². The van der Waals surface area contributed by atoms with Crippen molar-refractivity contribution in [1.29, 1.82) is 5.26 Å². The first-order valence-corrected chi connectivity index (χ1v) is 6.63. The normalized spacial score (nSPS) is 11.2. The number of aliphatic hydroxyl groups is 1. The van der Waals surface area contributed by atoms with Crippen molar-refractivity contribution >= 4 is 10.9 Å². The van der Waals surface area contributed by atoms with Crippen molar-refractivity contribution < 1.29 is 14.6 Å². The highest BCUT2D eigenvalue weighted by Crippen LogP contribution is 2.26. The van der Waals surface area contributed by atoms with Crippen LogP contribution in [0.2, 0.25) is 0 Å². The molecule has 0 fully saturated rings. The number of ether oxygens (including phenoxy) is 2. The molecule has 2 aromatic rings. The smallest absolute Gasteiger partial charge is 0.244 e. The first-order valence-electron chi connectivity index (χ1n) is 6.63. The van der Waals surface area contributed by atoms with Crippen LogP contribution in [0.15, 0.2) is 24.3 Å². The van der Waals surface area contributed by atoms with E-state index < -0.39 is 6.41 Å². The first-order chi connectivity index (χ1) is 9.74. The summed E-state index contributed by atoms with van der Waals surface area (Å²) in [5.74, 6) is 0. The van der Waals surface area contributed by atoms with Gasteiger partial charge >= 0.3 is 0 Å². The van der Waals surface area contributed by atoms with E-state index in [4.69, 9.17) is 14.7 Å². The van der Waals surface area contributed by atoms with Crippen LogP contribution < -0.4 is 0 Å². The minimum atomic E-state index is -0.572. The molecular formula is C15H18N2O3. The lowest BCUT2D eigenvalue weighted by atomic mass is 10.2. The summed E-state index contributed by atoms with van der Waals surface area (Å²) in [5, 5.41) is 19.4. The molecule has 0 amide bonds. The van der Waals surface area contributed by atoms with Crippen LogP contribution in [0.25, 0.3) is 10.9 Å². The molecule has 0 unspecified atom stereocenters. The molecule has 0 radical (unpaired) electrons. The Morgan fingerprint density at radius 3 is 2.50 bits per heavy atom. The van der Waals surface area contributed by atoms with Crippen LogP contribution in [0.1, 0.15) is 31.5 Å². The SMILES string of the molecule is CCOC(OCC)n1c(CO)cc2cc(C#N)ccc21. The minimum absolute atomic E-state index is 0.118. The monoisotopic (exact) mass is 274 g/mol. The fourth-order valence-corrected chi connectivity index (χ4v) is 2.22. The van der Waals surface area contributed by atoms with Gasteiger partial charge in [-0.2, -0.15) is 5.26 Å². The lowest BCUT2D eigenvalue weighted by Crippen LogP contribution is -2.18. The molecule has 1 N–H and O–H groups in total. The molecule has 5 heteroatoms. The summed E-state index contributed by atoms with van der Waals surface area (Å²) in [7, 11) is 0. The Bertz CT molecular complexity index is 622. The summed E-state index contributed by atoms with van der Waals surface area (Å²) in [6.07, 6.45) is -0.572. The van der Waals surface area contributed by atoms with Crippen LogP contribution >= 0.6 is 0 Å². The van der Waals surface area contributed by atoms with Crippen LogP contribution in [0.5, 0.6) is 0 Å². The Kier molecular flexibility index (Phi) is 4.74. The lowest BCUT2D eigenvalue weighted by Gasteiger charge is -2.21. The molecule has 1 aromatic heterocycles.